The summed E-state index contributed by atoms with van der Waals surface area (Å²) >= 11 is 6.12. The highest BCUT2D eigenvalue weighted by atomic mass is 35.5. The van der Waals surface area contributed by atoms with E-state index < -0.39 is 6.09 Å². The summed E-state index contributed by atoms with van der Waals surface area (Å²) in [7, 11) is 0. The molecule has 6 nitrogen and oxygen atoms in total. The van der Waals surface area contributed by atoms with Gasteiger partial charge in [-0.2, -0.15) is 0 Å². The summed E-state index contributed by atoms with van der Waals surface area (Å²) in [6.45, 7) is 0.433. The predicted octanol–water partition coefficient (Wildman–Crippen LogP) is 4.80. The first-order valence-corrected chi connectivity index (χ1v) is 9.30. The van der Waals surface area contributed by atoms with E-state index in [0.717, 1.165) is 11.1 Å². The van der Waals surface area contributed by atoms with Crippen molar-refractivity contribution in [2.75, 3.05) is 10.6 Å². The topological polar surface area (TPSA) is 93.5 Å². The van der Waals surface area contributed by atoms with Crippen LogP contribution in [-0.2, 0) is 17.9 Å². The molecule has 3 aromatic rings. The molecule has 0 bridgehead atoms. The average molecular weight is 410 g/mol. The van der Waals surface area contributed by atoms with Crippen molar-refractivity contribution in [1.29, 1.82) is 0 Å². The molecule has 3 rings (SSSR count). The molecule has 4 N–H and O–H groups in total. The summed E-state index contributed by atoms with van der Waals surface area (Å²) in [5.74, 6) is -0.367. The Kier molecular flexibility index (Phi) is 6.84. The van der Waals surface area contributed by atoms with E-state index in [9.17, 15) is 9.59 Å². The Morgan fingerprint density at radius 2 is 1.66 bits per heavy atom. The lowest BCUT2D eigenvalue weighted by Gasteiger charge is -2.12. The Hall–Kier alpha value is -3.35. The van der Waals surface area contributed by atoms with Gasteiger partial charge in [0.2, 0.25) is 0 Å². The van der Waals surface area contributed by atoms with Crippen LogP contribution in [0.1, 0.15) is 21.5 Å². The molecule has 29 heavy (non-hydrogen) atoms. The summed E-state index contributed by atoms with van der Waals surface area (Å²) in [6.07, 6.45) is -0.643. The molecule has 0 unspecified atom stereocenters. The fourth-order valence-corrected chi connectivity index (χ4v) is 2.92. The fraction of sp³-hybridized carbons (Fsp3) is 0.0909. The van der Waals surface area contributed by atoms with E-state index in [0.29, 0.717) is 28.5 Å². The maximum atomic E-state index is 12.6. The van der Waals surface area contributed by atoms with Crippen LogP contribution in [0.25, 0.3) is 0 Å². The molecule has 0 atom stereocenters. The smallest absolute Gasteiger partial charge is 0.411 e. The lowest BCUT2D eigenvalue weighted by Crippen LogP contribution is -2.16. The second-order valence-electron chi connectivity index (χ2n) is 6.23. The maximum absolute atomic E-state index is 12.6. The van der Waals surface area contributed by atoms with Gasteiger partial charge in [-0.3, -0.25) is 10.1 Å². The summed E-state index contributed by atoms with van der Waals surface area (Å²) in [5, 5.41) is 5.71. The molecular formula is C22H20ClN3O3. The van der Waals surface area contributed by atoms with Crippen molar-refractivity contribution in [3.05, 3.63) is 94.5 Å². The quantitative estimate of drug-likeness (QED) is 0.545. The van der Waals surface area contributed by atoms with Gasteiger partial charge >= 0.3 is 6.09 Å². The summed E-state index contributed by atoms with van der Waals surface area (Å²) < 4.78 is 5.19. The summed E-state index contributed by atoms with van der Waals surface area (Å²) in [5.41, 5.74) is 8.65. The third-order valence-corrected chi connectivity index (χ3v) is 4.32. The van der Waals surface area contributed by atoms with Crippen molar-refractivity contribution in [3.8, 4) is 0 Å². The number of hydrogen-bond acceptors (Lipinski definition) is 4. The molecule has 0 spiro atoms. The molecule has 0 aliphatic carbocycles. The van der Waals surface area contributed by atoms with Crippen molar-refractivity contribution in [2.24, 2.45) is 5.73 Å². The van der Waals surface area contributed by atoms with Crippen molar-refractivity contribution in [2.45, 2.75) is 13.2 Å². The molecule has 7 heteroatoms. The highest BCUT2D eigenvalue weighted by Gasteiger charge is 2.12. The molecule has 0 saturated carbocycles. The van der Waals surface area contributed by atoms with Crippen LogP contribution in [0.2, 0.25) is 5.02 Å². The Bertz CT molecular complexity index is 1010. The number of amides is 2. The number of rotatable bonds is 6. The minimum atomic E-state index is -0.643. The van der Waals surface area contributed by atoms with E-state index >= 15 is 0 Å². The molecular weight excluding hydrogens is 390 g/mol. The molecule has 0 aliphatic rings. The number of hydrogen-bond donors (Lipinski definition) is 3. The molecule has 2 amide bonds. The van der Waals surface area contributed by atoms with Gasteiger partial charge in [-0.25, -0.2) is 4.79 Å². The van der Waals surface area contributed by atoms with Crippen LogP contribution >= 0.6 is 11.6 Å². The number of anilines is 2. The van der Waals surface area contributed by atoms with Crippen LogP contribution in [0.3, 0.4) is 0 Å². The van der Waals surface area contributed by atoms with Gasteiger partial charge in [0.1, 0.15) is 6.61 Å². The molecule has 0 radical (unpaired) electrons. The van der Waals surface area contributed by atoms with Crippen LogP contribution < -0.4 is 16.4 Å². The standard InChI is InChI=1S/C22H20ClN3O3/c23-18-10-17(21(27)26-20-9-5-4-8-16(20)13-24)11-19(12-18)25-22(28)29-14-15-6-2-1-3-7-15/h1-12H,13-14,24H2,(H,25,28)(H,26,27). The molecule has 148 valence electrons. The molecule has 0 aliphatic heterocycles. The van der Waals surface area contributed by atoms with Gasteiger partial charge < -0.3 is 15.8 Å². The lowest BCUT2D eigenvalue weighted by atomic mass is 10.1. The van der Waals surface area contributed by atoms with Crippen molar-refractivity contribution in [3.63, 3.8) is 0 Å². The number of para-hydroxylation sites is 1. The van der Waals surface area contributed by atoms with Crippen molar-refractivity contribution < 1.29 is 14.3 Å². The van der Waals surface area contributed by atoms with Crippen LogP contribution in [0, 0.1) is 0 Å². The normalized spacial score (nSPS) is 10.3. The fourth-order valence-electron chi connectivity index (χ4n) is 2.68. The van der Waals surface area contributed by atoms with Gasteiger partial charge in [0.15, 0.2) is 0 Å². The zero-order chi connectivity index (χ0) is 20.6. The largest absolute Gasteiger partial charge is 0.444 e. The first kappa shape index (κ1) is 20.4. The van der Waals surface area contributed by atoms with Crippen LogP contribution in [0.4, 0.5) is 16.2 Å². The van der Waals surface area contributed by atoms with E-state index in [1.807, 2.05) is 48.5 Å². The summed E-state index contributed by atoms with van der Waals surface area (Å²) in [4.78, 5) is 24.7. The van der Waals surface area contributed by atoms with Crippen LogP contribution in [-0.4, -0.2) is 12.0 Å². The Morgan fingerprint density at radius 1 is 0.931 bits per heavy atom. The SMILES string of the molecule is NCc1ccccc1NC(=O)c1cc(Cl)cc(NC(=O)OCc2ccccc2)c1. The first-order chi connectivity index (χ1) is 14.0. The van der Waals surface area contributed by atoms with Crippen molar-refractivity contribution in [1.82, 2.24) is 0 Å². The van der Waals surface area contributed by atoms with Gasteiger partial charge in [-0.05, 0) is 35.4 Å². The average Bonchev–Trinajstić information content (AvgIpc) is 2.73. The van der Waals surface area contributed by atoms with Crippen molar-refractivity contribution >= 4 is 35.0 Å². The van der Waals surface area contributed by atoms with Gasteiger partial charge in [-0.15, -0.1) is 0 Å². The third kappa shape index (κ3) is 5.81. The predicted molar refractivity (Wildman–Crippen MR) is 114 cm³/mol. The van der Waals surface area contributed by atoms with Gasteiger partial charge in [-0.1, -0.05) is 60.1 Å². The molecule has 0 fully saturated rings. The Labute approximate surface area is 173 Å². The molecule has 0 heterocycles. The van der Waals surface area contributed by atoms with E-state index in [-0.39, 0.29) is 12.5 Å². The number of carbonyl (C=O) groups excluding carboxylic acids is 2. The number of halogens is 1. The monoisotopic (exact) mass is 409 g/mol. The minimum absolute atomic E-state index is 0.135. The van der Waals surface area contributed by atoms with E-state index in [4.69, 9.17) is 22.1 Å². The van der Waals surface area contributed by atoms with Crippen LogP contribution in [0.5, 0.6) is 0 Å². The van der Waals surface area contributed by atoms with E-state index in [1.165, 1.54) is 18.2 Å². The molecule has 0 aromatic heterocycles. The third-order valence-electron chi connectivity index (χ3n) is 4.10. The minimum Gasteiger partial charge on any atom is -0.444 e. The first-order valence-electron chi connectivity index (χ1n) is 8.93. The zero-order valence-corrected chi connectivity index (χ0v) is 16.3. The second-order valence-corrected chi connectivity index (χ2v) is 6.67. The second kappa shape index (κ2) is 9.73. The number of nitrogens with one attached hydrogen (secondary N) is 2. The van der Waals surface area contributed by atoms with E-state index in [2.05, 4.69) is 10.6 Å². The van der Waals surface area contributed by atoms with Gasteiger partial charge in [0.25, 0.3) is 5.91 Å². The number of ether oxygens (including phenoxy) is 1. The summed E-state index contributed by atoms with van der Waals surface area (Å²) in [6, 6.07) is 21.2. The van der Waals surface area contributed by atoms with Crippen LogP contribution in [0.15, 0.2) is 72.8 Å². The maximum Gasteiger partial charge on any atom is 0.411 e. The number of carbonyl (C=O) groups is 2. The highest BCUT2D eigenvalue weighted by Crippen LogP contribution is 2.22. The van der Waals surface area contributed by atoms with E-state index in [1.54, 1.807) is 6.07 Å². The number of benzene rings is 3. The molecule has 3 aromatic carbocycles. The van der Waals surface area contributed by atoms with Gasteiger partial charge in [0.05, 0.1) is 0 Å². The Morgan fingerprint density at radius 3 is 2.41 bits per heavy atom. The molecule has 0 saturated heterocycles. The number of nitrogens with two attached hydrogens (primary N) is 1. The Balaban J connectivity index is 1.67. The van der Waals surface area contributed by atoms with Gasteiger partial charge in [0, 0.05) is 28.5 Å². The lowest BCUT2D eigenvalue weighted by molar-refractivity contribution is 0.102. The zero-order valence-electron chi connectivity index (χ0n) is 15.5. The highest BCUT2D eigenvalue weighted by molar-refractivity contribution is 6.31.